The second-order valence-corrected chi connectivity index (χ2v) is 6.02. The lowest BCUT2D eigenvalue weighted by Crippen LogP contribution is -2.34. The van der Waals surface area contributed by atoms with Crippen LogP contribution in [0.15, 0.2) is 48.5 Å². The number of hydrogen-bond donors (Lipinski definition) is 2. The van der Waals surface area contributed by atoms with Crippen LogP contribution in [0, 0.1) is 0 Å². The number of methoxy groups -OCH3 is 1. The highest BCUT2D eigenvalue weighted by Gasteiger charge is 2.23. The SMILES string of the molecule is COc1ccccc1-c1cccc(C(=O)N[C@@H]2CC[C@@H](N)C2)c1. The first-order valence-corrected chi connectivity index (χ1v) is 7.97. The normalized spacial score (nSPS) is 20.3. The highest BCUT2D eigenvalue weighted by Crippen LogP contribution is 2.30. The first kappa shape index (κ1) is 15.6. The number of rotatable bonds is 4. The fourth-order valence-electron chi connectivity index (χ4n) is 3.13. The number of carbonyl (C=O) groups is 1. The molecule has 1 aliphatic rings. The molecule has 4 nitrogen and oxygen atoms in total. The van der Waals surface area contributed by atoms with Crippen LogP contribution in [-0.4, -0.2) is 25.1 Å². The summed E-state index contributed by atoms with van der Waals surface area (Å²) in [5.41, 5.74) is 8.52. The van der Waals surface area contributed by atoms with Crippen molar-refractivity contribution >= 4 is 5.91 Å². The van der Waals surface area contributed by atoms with Crippen molar-refractivity contribution < 1.29 is 9.53 Å². The summed E-state index contributed by atoms with van der Waals surface area (Å²) in [6, 6.07) is 15.8. The summed E-state index contributed by atoms with van der Waals surface area (Å²) in [7, 11) is 1.65. The lowest BCUT2D eigenvalue weighted by Gasteiger charge is -2.13. The molecule has 0 saturated heterocycles. The Morgan fingerprint density at radius 1 is 1.17 bits per heavy atom. The predicted octanol–water partition coefficient (Wildman–Crippen LogP) is 2.97. The van der Waals surface area contributed by atoms with Gasteiger partial charge in [0.15, 0.2) is 0 Å². The first-order chi connectivity index (χ1) is 11.2. The Morgan fingerprint density at radius 3 is 2.74 bits per heavy atom. The van der Waals surface area contributed by atoms with E-state index in [4.69, 9.17) is 10.5 Å². The van der Waals surface area contributed by atoms with E-state index in [9.17, 15) is 4.79 Å². The molecule has 2 aromatic rings. The minimum absolute atomic E-state index is 0.0409. The summed E-state index contributed by atoms with van der Waals surface area (Å²) in [4.78, 5) is 12.5. The molecule has 2 aromatic carbocycles. The van der Waals surface area contributed by atoms with E-state index in [2.05, 4.69) is 5.32 Å². The average molecular weight is 310 g/mol. The van der Waals surface area contributed by atoms with Gasteiger partial charge >= 0.3 is 0 Å². The summed E-state index contributed by atoms with van der Waals surface area (Å²) in [5.74, 6) is 0.757. The average Bonchev–Trinajstić information content (AvgIpc) is 2.99. The van der Waals surface area contributed by atoms with Crippen LogP contribution in [-0.2, 0) is 0 Å². The molecule has 3 rings (SSSR count). The molecule has 1 aliphatic carbocycles. The predicted molar refractivity (Wildman–Crippen MR) is 91.5 cm³/mol. The van der Waals surface area contributed by atoms with Gasteiger partial charge in [-0.3, -0.25) is 4.79 Å². The third-order valence-electron chi connectivity index (χ3n) is 4.35. The molecular weight excluding hydrogens is 288 g/mol. The Labute approximate surface area is 136 Å². The van der Waals surface area contributed by atoms with Crippen LogP contribution in [0.4, 0.5) is 0 Å². The molecule has 1 amide bonds. The highest BCUT2D eigenvalue weighted by atomic mass is 16.5. The van der Waals surface area contributed by atoms with Gasteiger partial charge in [0.05, 0.1) is 7.11 Å². The third-order valence-corrected chi connectivity index (χ3v) is 4.35. The number of carbonyl (C=O) groups excluding carboxylic acids is 1. The zero-order chi connectivity index (χ0) is 16.2. The number of nitrogens with two attached hydrogens (primary N) is 1. The minimum atomic E-state index is -0.0409. The molecule has 0 unspecified atom stereocenters. The molecule has 0 bridgehead atoms. The molecule has 1 saturated carbocycles. The van der Waals surface area contributed by atoms with E-state index in [1.165, 1.54) is 0 Å². The van der Waals surface area contributed by atoms with Gasteiger partial charge in [-0.15, -0.1) is 0 Å². The fourth-order valence-corrected chi connectivity index (χ4v) is 3.13. The Kier molecular flexibility index (Phi) is 4.63. The number of nitrogens with one attached hydrogen (secondary N) is 1. The van der Waals surface area contributed by atoms with Gasteiger partial charge < -0.3 is 15.8 Å². The summed E-state index contributed by atoms with van der Waals surface area (Å²) in [5, 5.41) is 3.08. The van der Waals surface area contributed by atoms with Crippen molar-refractivity contribution in [3.63, 3.8) is 0 Å². The van der Waals surface area contributed by atoms with Gasteiger partial charge in [-0.25, -0.2) is 0 Å². The van der Waals surface area contributed by atoms with E-state index in [-0.39, 0.29) is 18.0 Å². The second kappa shape index (κ2) is 6.84. The number of hydrogen-bond acceptors (Lipinski definition) is 3. The van der Waals surface area contributed by atoms with Crippen molar-refractivity contribution in [3.05, 3.63) is 54.1 Å². The Morgan fingerprint density at radius 2 is 2.00 bits per heavy atom. The van der Waals surface area contributed by atoms with Gasteiger partial charge in [0.2, 0.25) is 0 Å². The molecule has 0 aliphatic heterocycles. The van der Waals surface area contributed by atoms with E-state index < -0.39 is 0 Å². The zero-order valence-electron chi connectivity index (χ0n) is 13.3. The molecule has 1 fully saturated rings. The molecular formula is C19H22N2O2. The Hall–Kier alpha value is -2.33. The molecule has 4 heteroatoms. The highest BCUT2D eigenvalue weighted by molar-refractivity contribution is 5.95. The van der Waals surface area contributed by atoms with Crippen molar-refractivity contribution in [2.24, 2.45) is 5.73 Å². The van der Waals surface area contributed by atoms with Crippen molar-refractivity contribution in [3.8, 4) is 16.9 Å². The summed E-state index contributed by atoms with van der Waals surface area (Å²) >= 11 is 0. The van der Waals surface area contributed by atoms with E-state index >= 15 is 0 Å². The smallest absolute Gasteiger partial charge is 0.251 e. The largest absolute Gasteiger partial charge is 0.496 e. The number of benzene rings is 2. The van der Waals surface area contributed by atoms with Crippen molar-refractivity contribution in [1.82, 2.24) is 5.32 Å². The minimum Gasteiger partial charge on any atom is -0.496 e. The number of para-hydroxylation sites is 1. The standard InChI is InChI=1S/C19H22N2O2/c1-23-18-8-3-2-7-17(18)13-5-4-6-14(11-13)19(22)21-16-10-9-15(20)12-16/h2-8,11,15-16H,9-10,12,20H2,1H3,(H,21,22)/t15-,16-/m1/s1. The van der Waals surface area contributed by atoms with Crippen LogP contribution < -0.4 is 15.8 Å². The van der Waals surface area contributed by atoms with Crippen LogP contribution in [0.5, 0.6) is 5.75 Å². The maximum absolute atomic E-state index is 12.5. The maximum atomic E-state index is 12.5. The molecule has 0 radical (unpaired) electrons. The molecule has 23 heavy (non-hydrogen) atoms. The van der Waals surface area contributed by atoms with Gasteiger partial charge in [0.25, 0.3) is 5.91 Å². The summed E-state index contributed by atoms with van der Waals surface area (Å²) in [6.07, 6.45) is 2.79. The third kappa shape index (κ3) is 3.54. The number of ether oxygens (including phenoxy) is 1. The topological polar surface area (TPSA) is 64.3 Å². The summed E-state index contributed by atoms with van der Waals surface area (Å²) < 4.78 is 5.41. The van der Waals surface area contributed by atoms with Gasteiger partial charge in [0, 0.05) is 23.2 Å². The molecule has 0 spiro atoms. The van der Waals surface area contributed by atoms with Gasteiger partial charge in [-0.1, -0.05) is 30.3 Å². The number of amides is 1. The van der Waals surface area contributed by atoms with E-state index in [1.807, 2.05) is 48.5 Å². The molecule has 0 heterocycles. The van der Waals surface area contributed by atoms with E-state index in [1.54, 1.807) is 7.11 Å². The van der Waals surface area contributed by atoms with Crippen LogP contribution in [0.25, 0.3) is 11.1 Å². The quantitative estimate of drug-likeness (QED) is 0.912. The van der Waals surface area contributed by atoms with Crippen LogP contribution in [0.1, 0.15) is 29.6 Å². The van der Waals surface area contributed by atoms with Crippen LogP contribution >= 0.6 is 0 Å². The van der Waals surface area contributed by atoms with Crippen molar-refractivity contribution in [2.75, 3.05) is 7.11 Å². The Balaban J connectivity index is 1.81. The maximum Gasteiger partial charge on any atom is 0.251 e. The molecule has 3 N–H and O–H groups in total. The van der Waals surface area contributed by atoms with Gasteiger partial charge in [0.1, 0.15) is 5.75 Å². The van der Waals surface area contributed by atoms with E-state index in [0.717, 1.165) is 36.1 Å². The molecule has 2 atom stereocenters. The second-order valence-electron chi connectivity index (χ2n) is 6.02. The first-order valence-electron chi connectivity index (χ1n) is 7.97. The fraction of sp³-hybridized carbons (Fsp3) is 0.316. The lowest BCUT2D eigenvalue weighted by molar-refractivity contribution is 0.0937. The van der Waals surface area contributed by atoms with E-state index in [0.29, 0.717) is 5.56 Å². The van der Waals surface area contributed by atoms with Crippen molar-refractivity contribution in [1.29, 1.82) is 0 Å². The molecule has 0 aromatic heterocycles. The summed E-state index contributed by atoms with van der Waals surface area (Å²) in [6.45, 7) is 0. The monoisotopic (exact) mass is 310 g/mol. The lowest BCUT2D eigenvalue weighted by atomic mass is 10.0. The van der Waals surface area contributed by atoms with Crippen LogP contribution in [0.3, 0.4) is 0 Å². The zero-order valence-corrected chi connectivity index (χ0v) is 13.3. The Bertz CT molecular complexity index is 699. The van der Waals surface area contributed by atoms with Gasteiger partial charge in [-0.2, -0.15) is 0 Å². The van der Waals surface area contributed by atoms with Crippen LogP contribution in [0.2, 0.25) is 0 Å². The van der Waals surface area contributed by atoms with Gasteiger partial charge in [-0.05, 0) is 43.0 Å². The molecule has 120 valence electrons. The van der Waals surface area contributed by atoms with Crippen molar-refractivity contribution in [2.45, 2.75) is 31.3 Å².